The van der Waals surface area contributed by atoms with Gasteiger partial charge in [-0.1, -0.05) is 48.5 Å². The summed E-state index contributed by atoms with van der Waals surface area (Å²) in [6.45, 7) is 4.26. The normalized spacial score (nSPS) is 11.3. The van der Waals surface area contributed by atoms with Gasteiger partial charge in [0.2, 0.25) is 0 Å². The van der Waals surface area contributed by atoms with E-state index in [9.17, 15) is 19.8 Å². The Labute approximate surface area is 292 Å². The molecule has 0 bridgehead atoms. The van der Waals surface area contributed by atoms with Crippen LogP contribution in [0.25, 0.3) is 61.3 Å². The van der Waals surface area contributed by atoms with Gasteiger partial charge in [-0.25, -0.2) is 0 Å². The molecule has 7 aromatic rings. The lowest BCUT2D eigenvalue weighted by molar-refractivity contribution is -0.137. The van der Waals surface area contributed by atoms with Crippen molar-refractivity contribution >= 4 is 68.6 Å². The molecule has 2 aromatic carbocycles. The third kappa shape index (κ3) is 6.54. The van der Waals surface area contributed by atoms with Crippen LogP contribution < -0.4 is 0 Å². The summed E-state index contributed by atoms with van der Waals surface area (Å²) in [4.78, 5) is 32.1. The summed E-state index contributed by atoms with van der Waals surface area (Å²) in [7, 11) is 0. The van der Waals surface area contributed by atoms with Crippen molar-refractivity contribution in [2.45, 2.75) is 26.7 Å². The largest absolute Gasteiger partial charge is 0.481 e. The van der Waals surface area contributed by atoms with Gasteiger partial charge in [0, 0.05) is 39.0 Å². The maximum atomic E-state index is 11.8. The highest BCUT2D eigenvalue weighted by molar-refractivity contribution is 7.28. The summed E-state index contributed by atoms with van der Waals surface area (Å²) < 4.78 is 0. The highest BCUT2D eigenvalue weighted by Crippen LogP contribution is 2.46. The van der Waals surface area contributed by atoms with Gasteiger partial charge < -0.3 is 10.2 Å². The van der Waals surface area contributed by atoms with E-state index in [-0.39, 0.29) is 12.8 Å². The Bertz CT molecular complexity index is 2220. The molecule has 0 spiro atoms. The Hall–Kier alpha value is -4.12. The summed E-state index contributed by atoms with van der Waals surface area (Å²) in [5.74, 6) is -1.66. The number of thiophene rings is 5. The van der Waals surface area contributed by atoms with E-state index in [4.69, 9.17) is 0 Å². The molecule has 0 unspecified atom stereocenters. The number of rotatable bonds is 10. The third-order valence-electron chi connectivity index (χ3n) is 7.93. The zero-order valence-corrected chi connectivity index (χ0v) is 29.5. The lowest BCUT2D eigenvalue weighted by Crippen LogP contribution is -1.99. The molecular weight excluding hydrogens is 681 g/mol. The summed E-state index contributed by atoms with van der Waals surface area (Å²) in [5.41, 5.74) is 8.52. The Kier molecular flexibility index (Phi) is 8.83. The molecule has 5 heterocycles. The summed E-state index contributed by atoms with van der Waals surface area (Å²) >= 11 is 8.45. The predicted molar refractivity (Wildman–Crippen MR) is 201 cm³/mol. The van der Waals surface area contributed by atoms with Crippen LogP contribution in [0.5, 0.6) is 0 Å². The van der Waals surface area contributed by atoms with Crippen molar-refractivity contribution < 1.29 is 19.8 Å². The fourth-order valence-electron chi connectivity index (χ4n) is 5.69. The van der Waals surface area contributed by atoms with E-state index in [1.54, 1.807) is 56.7 Å². The number of aryl methyl sites for hydroxylation is 2. The highest BCUT2D eigenvalue weighted by Gasteiger charge is 2.18. The number of carbonyl (C=O) groups is 2. The van der Waals surface area contributed by atoms with E-state index in [1.165, 1.54) is 36.2 Å². The van der Waals surface area contributed by atoms with Gasteiger partial charge in [0.25, 0.3) is 0 Å². The van der Waals surface area contributed by atoms with Crippen molar-refractivity contribution in [2.75, 3.05) is 0 Å². The van der Waals surface area contributed by atoms with Crippen LogP contribution in [0.2, 0.25) is 0 Å². The lowest BCUT2D eigenvalue weighted by atomic mass is 10.0. The quantitative estimate of drug-likeness (QED) is 0.148. The van der Waals surface area contributed by atoms with Gasteiger partial charge in [0.1, 0.15) is 0 Å². The smallest absolute Gasteiger partial charge is 0.307 e. The van der Waals surface area contributed by atoms with E-state index in [2.05, 4.69) is 92.0 Å². The number of carboxylic acid groups (broad SMARTS) is 2. The van der Waals surface area contributed by atoms with Gasteiger partial charge in [-0.2, -0.15) is 0 Å². The molecule has 0 aliphatic heterocycles. The van der Waals surface area contributed by atoms with Crippen LogP contribution in [0.3, 0.4) is 0 Å². The first-order chi connectivity index (χ1) is 22.7. The van der Waals surface area contributed by atoms with Crippen LogP contribution in [0.15, 0.2) is 95.7 Å². The molecule has 9 heteroatoms. The number of aliphatic carboxylic acids is 2. The van der Waals surface area contributed by atoms with Crippen LogP contribution in [-0.2, 0) is 22.4 Å². The number of hydrogen-bond acceptors (Lipinski definition) is 7. The zero-order valence-electron chi connectivity index (χ0n) is 25.4. The predicted octanol–water partition coefficient (Wildman–Crippen LogP) is 11.9. The topological polar surface area (TPSA) is 74.6 Å². The molecule has 0 fully saturated rings. The van der Waals surface area contributed by atoms with Crippen molar-refractivity contribution in [2.24, 2.45) is 0 Å². The standard InChI is InChI=1S/C38H28O4S5/c1-21-13-15-43-35(21)23-3-9-26(10-4-23)38-28(20-34(41)42)18-32(47-38)30-12-11-29(45-30)31-17-22(2)36(46-31)24-5-7-25(8-6-24)37-27(14-16-44-37)19-33(39)40/h3-18H,19-20H2,1-2H3,(H,39,40)(H,41,42). The average Bonchev–Trinajstić information content (AvgIpc) is 3.88. The van der Waals surface area contributed by atoms with Gasteiger partial charge in [-0.15, -0.1) is 56.7 Å². The molecule has 0 aliphatic carbocycles. The molecule has 0 aliphatic rings. The minimum Gasteiger partial charge on any atom is -0.481 e. The summed E-state index contributed by atoms with van der Waals surface area (Å²) in [6.07, 6.45) is 0.00270. The molecule has 0 radical (unpaired) electrons. The molecular formula is C38H28O4S5. The number of hydrogen-bond donors (Lipinski definition) is 2. The minimum absolute atomic E-state index is 0.0184. The Balaban J connectivity index is 1.15. The Morgan fingerprint density at radius 2 is 0.979 bits per heavy atom. The molecule has 0 saturated carbocycles. The van der Waals surface area contributed by atoms with E-state index in [1.807, 2.05) is 17.5 Å². The second kappa shape index (κ2) is 13.2. The number of benzene rings is 2. The Morgan fingerprint density at radius 1 is 0.489 bits per heavy atom. The average molecular weight is 709 g/mol. The monoisotopic (exact) mass is 708 g/mol. The molecule has 0 amide bonds. The fourth-order valence-corrected chi connectivity index (χ4v) is 11.1. The van der Waals surface area contributed by atoms with Crippen molar-refractivity contribution in [3.05, 3.63) is 118 Å². The molecule has 0 atom stereocenters. The van der Waals surface area contributed by atoms with Crippen LogP contribution in [0, 0.1) is 13.8 Å². The molecule has 2 N–H and O–H groups in total. The van der Waals surface area contributed by atoms with E-state index >= 15 is 0 Å². The molecule has 5 aromatic heterocycles. The van der Waals surface area contributed by atoms with Crippen LogP contribution >= 0.6 is 56.7 Å². The van der Waals surface area contributed by atoms with Gasteiger partial charge in [-0.05, 0) is 106 Å². The zero-order chi connectivity index (χ0) is 32.7. The maximum Gasteiger partial charge on any atom is 0.307 e. The highest BCUT2D eigenvalue weighted by atomic mass is 32.1. The summed E-state index contributed by atoms with van der Waals surface area (Å²) in [6, 6.07) is 29.5. The maximum absolute atomic E-state index is 11.8. The van der Waals surface area contributed by atoms with Crippen LogP contribution in [-0.4, -0.2) is 22.2 Å². The van der Waals surface area contributed by atoms with Gasteiger partial charge in [-0.3, -0.25) is 9.59 Å². The molecule has 234 valence electrons. The SMILES string of the molecule is Cc1ccsc1-c1ccc(-c2sc(-c3ccc(-c4cc(C)c(-c5ccc(-c6sccc6CC(=O)O)cc5)s4)s3)cc2CC(=O)O)cc1. The fraction of sp³-hybridized carbons (Fsp3) is 0.105. The molecule has 0 saturated heterocycles. The van der Waals surface area contributed by atoms with Crippen molar-refractivity contribution in [1.29, 1.82) is 0 Å². The van der Waals surface area contributed by atoms with Crippen molar-refractivity contribution in [3.63, 3.8) is 0 Å². The summed E-state index contributed by atoms with van der Waals surface area (Å²) in [5, 5.41) is 23.0. The van der Waals surface area contributed by atoms with Crippen molar-refractivity contribution in [3.8, 4) is 61.3 Å². The Morgan fingerprint density at radius 3 is 1.57 bits per heavy atom. The number of carboxylic acids is 2. The van der Waals surface area contributed by atoms with E-state index in [0.29, 0.717) is 0 Å². The van der Waals surface area contributed by atoms with Crippen molar-refractivity contribution in [1.82, 2.24) is 0 Å². The lowest BCUT2D eigenvalue weighted by Gasteiger charge is -2.05. The second-order valence-electron chi connectivity index (χ2n) is 11.3. The molecule has 7 rings (SSSR count). The van der Waals surface area contributed by atoms with Crippen LogP contribution in [0.4, 0.5) is 0 Å². The van der Waals surface area contributed by atoms with Gasteiger partial charge in [0.15, 0.2) is 0 Å². The van der Waals surface area contributed by atoms with Crippen LogP contribution in [0.1, 0.15) is 22.3 Å². The minimum atomic E-state index is -0.834. The molecule has 47 heavy (non-hydrogen) atoms. The first kappa shape index (κ1) is 31.5. The van der Waals surface area contributed by atoms with Gasteiger partial charge in [0.05, 0.1) is 12.8 Å². The van der Waals surface area contributed by atoms with E-state index < -0.39 is 11.9 Å². The first-order valence-electron chi connectivity index (χ1n) is 14.8. The molecule has 4 nitrogen and oxygen atoms in total. The van der Waals surface area contributed by atoms with E-state index in [0.717, 1.165) is 47.3 Å². The van der Waals surface area contributed by atoms with Gasteiger partial charge >= 0.3 is 11.9 Å². The third-order valence-corrected chi connectivity index (χ3v) is 14.0. The second-order valence-corrected chi connectivity index (χ2v) is 16.3. The first-order valence-corrected chi connectivity index (χ1v) is 19.0.